The van der Waals surface area contributed by atoms with Crippen LogP contribution in [0.5, 0.6) is 0 Å². The molecule has 2 aromatic rings. The van der Waals surface area contributed by atoms with Crippen molar-refractivity contribution in [2.45, 2.75) is 91.0 Å². The van der Waals surface area contributed by atoms with Gasteiger partial charge in [0.2, 0.25) is 0 Å². The molecule has 0 radical (unpaired) electrons. The Morgan fingerprint density at radius 1 is 1.36 bits per heavy atom. The van der Waals surface area contributed by atoms with Gasteiger partial charge in [-0.2, -0.15) is 10.4 Å². The van der Waals surface area contributed by atoms with Crippen LogP contribution >= 0.6 is 11.3 Å². The van der Waals surface area contributed by atoms with Crippen LogP contribution in [0.3, 0.4) is 0 Å². The lowest BCUT2D eigenvalue weighted by Gasteiger charge is -2.21. The van der Waals surface area contributed by atoms with Gasteiger partial charge in [-0.15, -0.1) is 11.3 Å². The molecule has 0 aliphatic carbocycles. The van der Waals surface area contributed by atoms with E-state index in [0.29, 0.717) is 13.2 Å². The summed E-state index contributed by atoms with van der Waals surface area (Å²) in [6.07, 6.45) is 5.60. The molecule has 1 atom stereocenters. The van der Waals surface area contributed by atoms with E-state index in [1.165, 1.54) is 4.88 Å². The van der Waals surface area contributed by atoms with Crippen LogP contribution in [-0.4, -0.2) is 42.2 Å². The number of carbonyl (C=O) groups is 1. The number of hydrogen-bond acceptors (Lipinski definition) is 6. The van der Waals surface area contributed by atoms with Crippen LogP contribution in [0.15, 0.2) is 17.8 Å². The van der Waals surface area contributed by atoms with Gasteiger partial charge in [0, 0.05) is 37.7 Å². The van der Waals surface area contributed by atoms with Gasteiger partial charge in [0.05, 0.1) is 12.3 Å². The van der Waals surface area contributed by atoms with Crippen molar-refractivity contribution in [3.05, 3.63) is 28.2 Å². The summed E-state index contributed by atoms with van der Waals surface area (Å²) in [5.41, 5.74) is 2.52. The number of nitrogens with one attached hydrogen (secondary N) is 1. The first-order valence-electron chi connectivity index (χ1n) is 11.5. The summed E-state index contributed by atoms with van der Waals surface area (Å²) in [7, 11) is -1.12. The van der Waals surface area contributed by atoms with Crippen molar-refractivity contribution >= 4 is 25.5 Å². The molecule has 0 aromatic carbocycles. The lowest BCUT2D eigenvalue weighted by atomic mass is 9.98. The summed E-state index contributed by atoms with van der Waals surface area (Å²) in [6, 6.07) is 2.66. The molecule has 1 N–H and O–H groups in total. The van der Waals surface area contributed by atoms with Crippen LogP contribution in [0.1, 0.15) is 44.6 Å². The number of rotatable bonds is 11. The van der Waals surface area contributed by atoms with Gasteiger partial charge in [-0.3, -0.25) is 0 Å². The normalized spacial score (nSPS) is 12.9. The summed E-state index contributed by atoms with van der Waals surface area (Å²) in [5, 5.41) is 19.0. The van der Waals surface area contributed by atoms with E-state index in [-0.39, 0.29) is 0 Å². The number of carbonyl (C=O) groups excluding carboxylic acids is 1. The zero-order valence-corrected chi connectivity index (χ0v) is 22.8. The highest BCUT2D eigenvalue weighted by Crippen LogP contribution is 2.33. The Kier molecular flexibility index (Phi) is 9.70. The highest BCUT2D eigenvalue weighted by atomic mass is 32.1. The predicted octanol–water partition coefficient (Wildman–Crippen LogP) is 5.84. The molecule has 33 heavy (non-hydrogen) atoms. The molecular weight excluding hydrogens is 452 g/mol. The molecular formula is C24H38N4O3SSi. The molecule has 9 heteroatoms. The first kappa shape index (κ1) is 27.1. The fourth-order valence-electron chi connectivity index (χ4n) is 3.22. The maximum Gasteiger partial charge on any atom is 0.408 e. The number of aryl methyl sites for hydroxylation is 1. The van der Waals surface area contributed by atoms with Gasteiger partial charge in [-0.25, -0.2) is 9.48 Å². The van der Waals surface area contributed by atoms with Crippen LogP contribution in [0.25, 0.3) is 11.1 Å². The predicted molar refractivity (Wildman–Crippen MR) is 136 cm³/mol. The Bertz CT molecular complexity index is 950. The number of nitriles is 1. The second-order valence-corrected chi connectivity index (χ2v) is 17.0. The number of thiophene rings is 1. The van der Waals surface area contributed by atoms with Gasteiger partial charge in [0.15, 0.2) is 0 Å². The molecule has 0 saturated heterocycles. The van der Waals surface area contributed by atoms with Crippen LogP contribution in [0.4, 0.5) is 4.79 Å². The number of hydrogen-bond donors (Lipinski definition) is 1. The summed E-state index contributed by atoms with van der Waals surface area (Å²) in [6.45, 7) is 15.7. The Hall–Kier alpha value is -2.15. The van der Waals surface area contributed by atoms with Crippen molar-refractivity contribution in [2.75, 3.05) is 6.61 Å². The standard InChI is InChI=1S/C24H38N4O3SSi/c1-8-9-22-20(12-19(13-25)27-23(29)31-24(2,3)4)21(16-32-22)18-14-26-28(15-18)17-30-10-11-33(5,6)7/h14-16,19H,8-12,17H2,1-7H3,(H,27,29). The Balaban J connectivity index is 2.14. The minimum Gasteiger partial charge on any atom is -0.444 e. The lowest BCUT2D eigenvalue weighted by Crippen LogP contribution is -2.39. The molecule has 0 aliphatic rings. The number of amides is 1. The average Bonchev–Trinajstić information content (AvgIpc) is 3.30. The lowest BCUT2D eigenvalue weighted by molar-refractivity contribution is 0.0516. The maximum atomic E-state index is 12.2. The summed E-state index contributed by atoms with van der Waals surface area (Å²) < 4.78 is 13.0. The smallest absolute Gasteiger partial charge is 0.408 e. The molecule has 182 valence electrons. The third-order valence-corrected chi connectivity index (χ3v) is 7.67. The second kappa shape index (κ2) is 11.8. The van der Waals surface area contributed by atoms with E-state index in [1.807, 2.05) is 12.4 Å². The summed E-state index contributed by atoms with van der Waals surface area (Å²) >= 11 is 1.69. The monoisotopic (exact) mass is 490 g/mol. The maximum absolute atomic E-state index is 12.2. The molecule has 0 spiro atoms. The summed E-state index contributed by atoms with van der Waals surface area (Å²) in [4.78, 5) is 13.4. The van der Waals surface area contributed by atoms with Crippen molar-refractivity contribution in [1.29, 1.82) is 5.26 Å². The first-order valence-corrected chi connectivity index (χ1v) is 16.1. The highest BCUT2D eigenvalue weighted by molar-refractivity contribution is 7.10. The highest BCUT2D eigenvalue weighted by Gasteiger charge is 2.23. The number of ether oxygens (including phenoxy) is 2. The Labute approximate surface area is 203 Å². The van der Waals surface area contributed by atoms with Crippen LogP contribution in [-0.2, 0) is 29.0 Å². The van der Waals surface area contributed by atoms with E-state index in [4.69, 9.17) is 9.47 Å². The molecule has 1 unspecified atom stereocenters. The van der Waals surface area contributed by atoms with Crippen molar-refractivity contribution in [2.24, 2.45) is 0 Å². The fraction of sp³-hybridized carbons (Fsp3) is 0.625. The Morgan fingerprint density at radius 3 is 2.70 bits per heavy atom. The molecule has 2 heterocycles. The van der Waals surface area contributed by atoms with E-state index in [1.54, 1.807) is 36.8 Å². The van der Waals surface area contributed by atoms with Gasteiger partial charge < -0.3 is 14.8 Å². The quantitative estimate of drug-likeness (QED) is 0.316. The van der Waals surface area contributed by atoms with Crippen LogP contribution < -0.4 is 5.32 Å². The minimum absolute atomic E-state index is 0.418. The average molecular weight is 491 g/mol. The molecule has 0 aliphatic heterocycles. The Morgan fingerprint density at radius 2 is 2.09 bits per heavy atom. The van der Waals surface area contributed by atoms with E-state index in [9.17, 15) is 10.1 Å². The molecule has 2 rings (SSSR count). The first-order chi connectivity index (χ1) is 15.4. The van der Waals surface area contributed by atoms with E-state index in [2.05, 4.69) is 48.4 Å². The molecule has 1 amide bonds. The van der Waals surface area contributed by atoms with Crippen LogP contribution in [0, 0.1) is 11.3 Å². The summed E-state index contributed by atoms with van der Waals surface area (Å²) in [5.74, 6) is 0. The van der Waals surface area contributed by atoms with Gasteiger partial charge in [-0.05, 0) is 49.7 Å². The van der Waals surface area contributed by atoms with Gasteiger partial charge in [0.1, 0.15) is 18.4 Å². The van der Waals surface area contributed by atoms with Crippen molar-refractivity contribution < 1.29 is 14.3 Å². The van der Waals surface area contributed by atoms with Gasteiger partial charge in [-0.1, -0.05) is 33.0 Å². The van der Waals surface area contributed by atoms with Crippen LogP contribution in [0.2, 0.25) is 25.7 Å². The molecule has 0 fully saturated rings. The third kappa shape index (κ3) is 9.31. The third-order valence-electron chi connectivity index (χ3n) is 4.88. The zero-order valence-electron chi connectivity index (χ0n) is 21.0. The number of aromatic nitrogens is 2. The molecule has 0 bridgehead atoms. The fourth-order valence-corrected chi connectivity index (χ4v) is 5.17. The molecule has 7 nitrogen and oxygen atoms in total. The molecule has 2 aromatic heterocycles. The van der Waals surface area contributed by atoms with E-state index < -0.39 is 25.8 Å². The van der Waals surface area contributed by atoms with Crippen molar-refractivity contribution in [3.63, 3.8) is 0 Å². The second-order valence-electron chi connectivity index (χ2n) is 10.4. The van der Waals surface area contributed by atoms with Gasteiger partial charge in [0.25, 0.3) is 0 Å². The minimum atomic E-state index is -1.12. The molecule has 0 saturated carbocycles. The topological polar surface area (TPSA) is 89.2 Å². The number of nitrogens with zero attached hydrogens (tertiary/aromatic N) is 3. The van der Waals surface area contributed by atoms with Crippen molar-refractivity contribution in [1.82, 2.24) is 15.1 Å². The van der Waals surface area contributed by atoms with E-state index >= 15 is 0 Å². The zero-order chi connectivity index (χ0) is 24.6. The van der Waals surface area contributed by atoms with Crippen molar-refractivity contribution in [3.8, 4) is 17.2 Å². The largest absolute Gasteiger partial charge is 0.444 e. The van der Waals surface area contributed by atoms with E-state index in [0.717, 1.165) is 42.2 Å². The number of alkyl carbamates (subject to hydrolysis) is 1. The van der Waals surface area contributed by atoms with Gasteiger partial charge >= 0.3 is 6.09 Å². The SMILES string of the molecule is CCCc1scc(-c2cnn(COCC[Si](C)(C)C)c2)c1CC(C#N)NC(=O)OC(C)(C)C.